The fourth-order valence-corrected chi connectivity index (χ4v) is 3.36. The molecule has 0 aliphatic carbocycles. The predicted octanol–water partition coefficient (Wildman–Crippen LogP) is 4.90. The molecule has 0 radical (unpaired) electrons. The van der Waals surface area contributed by atoms with Crippen LogP contribution in [-0.4, -0.2) is 22.0 Å². The lowest BCUT2D eigenvalue weighted by Crippen LogP contribution is -2.27. The Labute approximate surface area is 177 Å². The highest BCUT2D eigenvalue weighted by atomic mass is 32.1. The van der Waals surface area contributed by atoms with Crippen LogP contribution in [0, 0.1) is 25.1 Å². The zero-order valence-electron chi connectivity index (χ0n) is 17.3. The van der Waals surface area contributed by atoms with E-state index in [1.165, 1.54) is 6.07 Å². The molecule has 158 valence electrons. The van der Waals surface area contributed by atoms with Crippen molar-refractivity contribution in [2.45, 2.75) is 41.2 Å². The maximum Gasteiger partial charge on any atom is 0.349 e. The molecule has 0 saturated heterocycles. The van der Waals surface area contributed by atoms with E-state index in [0.717, 1.165) is 11.3 Å². The van der Waals surface area contributed by atoms with Gasteiger partial charge in [-0.05, 0) is 37.1 Å². The average Bonchev–Trinajstić information content (AvgIpc) is 3.28. The number of carbonyl (C=O) groups is 2. The Morgan fingerprint density at radius 3 is 2.60 bits per heavy atom. The maximum atomic E-state index is 13.7. The van der Waals surface area contributed by atoms with E-state index in [4.69, 9.17) is 9.26 Å². The standard InChI is InChI=1S/C21H22FN3O4S/c1-11-6-7-13(9-14(11)22)18-23-15(29-25-18)10-28-19(26)17-12(2)8-16(30-17)24-20(27)21(3,4)5/h6-9H,10H2,1-5H3,(H,24,27). The van der Waals surface area contributed by atoms with Crippen LogP contribution in [0.15, 0.2) is 28.8 Å². The van der Waals surface area contributed by atoms with Crippen LogP contribution < -0.4 is 5.32 Å². The van der Waals surface area contributed by atoms with Gasteiger partial charge in [0.2, 0.25) is 11.7 Å². The summed E-state index contributed by atoms with van der Waals surface area (Å²) in [5, 5.41) is 7.17. The number of halogens is 1. The normalized spacial score (nSPS) is 11.4. The van der Waals surface area contributed by atoms with Crippen molar-refractivity contribution in [1.82, 2.24) is 10.1 Å². The first-order valence-electron chi connectivity index (χ1n) is 9.22. The van der Waals surface area contributed by atoms with Crippen LogP contribution in [0.25, 0.3) is 11.4 Å². The van der Waals surface area contributed by atoms with Crippen LogP contribution in [0.4, 0.5) is 9.39 Å². The van der Waals surface area contributed by atoms with Crippen molar-refractivity contribution in [3.8, 4) is 11.4 Å². The lowest BCUT2D eigenvalue weighted by Gasteiger charge is -2.16. The Hall–Kier alpha value is -3.07. The molecular formula is C21H22FN3O4S. The van der Waals surface area contributed by atoms with E-state index in [0.29, 0.717) is 26.6 Å². The topological polar surface area (TPSA) is 94.3 Å². The van der Waals surface area contributed by atoms with Crippen molar-refractivity contribution in [2.24, 2.45) is 5.41 Å². The molecule has 3 aromatic rings. The predicted molar refractivity (Wildman–Crippen MR) is 111 cm³/mol. The summed E-state index contributed by atoms with van der Waals surface area (Å²) in [6.45, 7) is 8.62. The molecule has 0 saturated carbocycles. The number of carbonyl (C=O) groups excluding carboxylic acids is 2. The number of hydrogen-bond acceptors (Lipinski definition) is 7. The Morgan fingerprint density at radius 2 is 1.93 bits per heavy atom. The van der Waals surface area contributed by atoms with E-state index < -0.39 is 11.4 Å². The summed E-state index contributed by atoms with van der Waals surface area (Å²) < 4.78 is 24.1. The lowest BCUT2D eigenvalue weighted by atomic mass is 9.96. The van der Waals surface area contributed by atoms with Gasteiger partial charge in [0.25, 0.3) is 5.89 Å². The van der Waals surface area contributed by atoms with Crippen LogP contribution in [-0.2, 0) is 16.1 Å². The molecule has 0 fully saturated rings. The Kier molecular flexibility index (Phi) is 6.02. The minimum absolute atomic E-state index is 0.0924. The van der Waals surface area contributed by atoms with Gasteiger partial charge in [0.05, 0.1) is 5.00 Å². The molecule has 2 aromatic heterocycles. The van der Waals surface area contributed by atoms with Crippen LogP contribution in [0.5, 0.6) is 0 Å². The number of amides is 1. The Bertz CT molecular complexity index is 1100. The Balaban J connectivity index is 1.64. The summed E-state index contributed by atoms with van der Waals surface area (Å²) in [5.74, 6) is -0.772. The first-order chi connectivity index (χ1) is 14.0. The van der Waals surface area contributed by atoms with Gasteiger partial charge in [-0.2, -0.15) is 4.98 Å². The molecule has 2 heterocycles. The molecule has 0 aliphatic heterocycles. The molecule has 9 heteroatoms. The first-order valence-corrected chi connectivity index (χ1v) is 10.0. The summed E-state index contributed by atoms with van der Waals surface area (Å²) in [5.41, 5.74) is 1.12. The number of nitrogens with one attached hydrogen (secondary N) is 1. The number of thiophene rings is 1. The lowest BCUT2D eigenvalue weighted by molar-refractivity contribution is -0.123. The van der Waals surface area contributed by atoms with Gasteiger partial charge in [-0.1, -0.05) is 38.1 Å². The number of nitrogens with zero attached hydrogens (tertiary/aromatic N) is 2. The highest BCUT2D eigenvalue weighted by molar-refractivity contribution is 7.18. The van der Waals surface area contributed by atoms with Gasteiger partial charge >= 0.3 is 5.97 Å². The SMILES string of the molecule is Cc1ccc(-c2noc(COC(=O)c3sc(NC(=O)C(C)(C)C)cc3C)n2)cc1F. The molecule has 7 nitrogen and oxygen atoms in total. The molecule has 1 aromatic carbocycles. The maximum absolute atomic E-state index is 13.7. The number of ether oxygens (including phenoxy) is 1. The highest BCUT2D eigenvalue weighted by Crippen LogP contribution is 2.29. The largest absolute Gasteiger partial charge is 0.451 e. The molecule has 0 bridgehead atoms. The van der Waals surface area contributed by atoms with E-state index in [-0.39, 0.29) is 30.0 Å². The van der Waals surface area contributed by atoms with Crippen molar-refractivity contribution < 1.29 is 23.2 Å². The van der Waals surface area contributed by atoms with Crippen LogP contribution >= 0.6 is 11.3 Å². The molecule has 0 atom stereocenters. The third kappa shape index (κ3) is 4.91. The molecule has 0 spiro atoms. The minimum atomic E-state index is -0.560. The van der Waals surface area contributed by atoms with Gasteiger partial charge < -0.3 is 14.6 Å². The number of rotatable bonds is 5. The second-order valence-electron chi connectivity index (χ2n) is 7.88. The van der Waals surface area contributed by atoms with E-state index in [1.807, 2.05) is 20.8 Å². The number of benzene rings is 1. The van der Waals surface area contributed by atoms with E-state index in [9.17, 15) is 14.0 Å². The Morgan fingerprint density at radius 1 is 1.20 bits per heavy atom. The minimum Gasteiger partial charge on any atom is -0.451 e. The van der Waals surface area contributed by atoms with Crippen molar-refractivity contribution in [3.63, 3.8) is 0 Å². The fourth-order valence-electron chi connectivity index (χ4n) is 2.40. The van der Waals surface area contributed by atoms with Gasteiger partial charge in [-0.25, -0.2) is 9.18 Å². The molecule has 1 N–H and O–H groups in total. The second kappa shape index (κ2) is 8.35. The van der Waals surface area contributed by atoms with Crippen molar-refractivity contribution >= 4 is 28.2 Å². The number of anilines is 1. The van der Waals surface area contributed by atoms with E-state index >= 15 is 0 Å². The molecule has 0 unspecified atom stereocenters. The van der Waals surface area contributed by atoms with Crippen LogP contribution in [0.2, 0.25) is 0 Å². The number of hydrogen-bond donors (Lipinski definition) is 1. The fraction of sp³-hybridized carbons (Fsp3) is 0.333. The quantitative estimate of drug-likeness (QED) is 0.578. The molecule has 1 amide bonds. The van der Waals surface area contributed by atoms with E-state index in [1.54, 1.807) is 32.0 Å². The van der Waals surface area contributed by atoms with Gasteiger partial charge in [-0.3, -0.25) is 4.79 Å². The summed E-state index contributed by atoms with van der Waals surface area (Å²) in [6, 6.07) is 6.35. The molecule has 3 rings (SSSR count). The number of aromatic nitrogens is 2. The first kappa shape index (κ1) is 21.6. The summed E-state index contributed by atoms with van der Waals surface area (Å²) >= 11 is 1.14. The third-order valence-corrected chi connectivity index (χ3v) is 5.38. The van der Waals surface area contributed by atoms with E-state index in [2.05, 4.69) is 15.5 Å². The van der Waals surface area contributed by atoms with Crippen LogP contribution in [0.3, 0.4) is 0 Å². The highest BCUT2D eigenvalue weighted by Gasteiger charge is 2.23. The van der Waals surface area contributed by atoms with Crippen molar-refractivity contribution in [3.05, 3.63) is 52.0 Å². The van der Waals surface area contributed by atoms with Crippen molar-refractivity contribution in [2.75, 3.05) is 5.32 Å². The molecule has 0 aliphatic rings. The zero-order chi connectivity index (χ0) is 22.1. The molecule has 30 heavy (non-hydrogen) atoms. The third-order valence-electron chi connectivity index (χ3n) is 4.25. The van der Waals surface area contributed by atoms with Gasteiger partial charge in [0.15, 0.2) is 6.61 Å². The zero-order valence-corrected chi connectivity index (χ0v) is 18.1. The summed E-state index contributed by atoms with van der Waals surface area (Å²) in [7, 11) is 0. The summed E-state index contributed by atoms with van der Waals surface area (Å²) in [4.78, 5) is 29.1. The van der Waals surface area contributed by atoms with Gasteiger partial charge in [0.1, 0.15) is 10.7 Å². The average molecular weight is 431 g/mol. The van der Waals surface area contributed by atoms with Gasteiger partial charge in [-0.15, -0.1) is 11.3 Å². The van der Waals surface area contributed by atoms with Crippen LogP contribution in [0.1, 0.15) is 47.5 Å². The molecular weight excluding hydrogens is 409 g/mol. The smallest absolute Gasteiger partial charge is 0.349 e. The number of aryl methyl sites for hydroxylation is 2. The summed E-state index contributed by atoms with van der Waals surface area (Å²) in [6.07, 6.45) is 0. The second-order valence-corrected chi connectivity index (χ2v) is 8.93. The van der Waals surface area contributed by atoms with Crippen molar-refractivity contribution in [1.29, 1.82) is 0 Å². The van der Waals surface area contributed by atoms with Gasteiger partial charge in [0, 0.05) is 11.0 Å². The number of esters is 1. The monoisotopic (exact) mass is 431 g/mol.